The molecule has 112 valence electrons. The maximum Gasteiger partial charge on any atom is 0.416 e. The molecule has 2 rings (SSSR count). The normalized spacial score (nSPS) is 10.0. The minimum absolute atomic E-state index is 0.552. The van der Waals surface area contributed by atoms with Crippen molar-refractivity contribution in [2.24, 2.45) is 7.05 Å². The Kier molecular flexibility index (Phi) is 7.57. The average molecular weight is 287 g/mol. The van der Waals surface area contributed by atoms with Crippen LogP contribution in [0.25, 0.3) is 11.3 Å². The van der Waals surface area contributed by atoms with Crippen molar-refractivity contribution in [2.45, 2.75) is 33.9 Å². The maximum atomic E-state index is 12.3. The third-order valence-electron chi connectivity index (χ3n) is 2.11. The smallest absolute Gasteiger partial charge is 0.255 e. The second-order valence-corrected chi connectivity index (χ2v) is 3.35. The van der Waals surface area contributed by atoms with Crippen molar-refractivity contribution in [3.05, 3.63) is 36.0 Å². The van der Waals surface area contributed by atoms with E-state index in [1.54, 1.807) is 13.2 Å². The van der Waals surface area contributed by atoms with E-state index in [1.165, 1.54) is 16.8 Å². The Morgan fingerprint density at radius 1 is 0.950 bits per heavy atom. The number of benzene rings is 1. The van der Waals surface area contributed by atoms with Gasteiger partial charge in [-0.1, -0.05) is 45.0 Å². The van der Waals surface area contributed by atoms with E-state index in [0.29, 0.717) is 11.3 Å². The molecule has 0 fully saturated rings. The standard InChI is InChI=1S/C10H8F3N3.2C2H6/c1-16-6-9(14-15-16)7-2-4-8(5-3-7)10(11,12)13;2*1-2/h2-6H,1H3;2*1-2H3. The van der Waals surface area contributed by atoms with Gasteiger partial charge in [-0.2, -0.15) is 13.2 Å². The van der Waals surface area contributed by atoms with Gasteiger partial charge in [0.05, 0.1) is 11.8 Å². The molecule has 2 aromatic rings. The quantitative estimate of drug-likeness (QED) is 0.770. The number of aryl methyl sites for hydroxylation is 1. The fourth-order valence-corrected chi connectivity index (χ4v) is 1.31. The van der Waals surface area contributed by atoms with Crippen molar-refractivity contribution in [3.8, 4) is 11.3 Å². The van der Waals surface area contributed by atoms with E-state index in [4.69, 9.17) is 0 Å². The average Bonchev–Trinajstić information content (AvgIpc) is 2.89. The number of aromatic nitrogens is 3. The minimum atomic E-state index is -4.30. The molecule has 0 N–H and O–H groups in total. The Bertz CT molecular complexity index is 487. The fraction of sp³-hybridized carbons (Fsp3) is 0.429. The summed E-state index contributed by atoms with van der Waals surface area (Å²) in [6, 6.07) is 4.83. The third-order valence-corrected chi connectivity index (χ3v) is 2.11. The summed E-state index contributed by atoms with van der Waals surface area (Å²) in [5.41, 5.74) is 0.498. The molecular weight excluding hydrogens is 267 g/mol. The van der Waals surface area contributed by atoms with Crippen molar-refractivity contribution in [1.82, 2.24) is 15.0 Å². The van der Waals surface area contributed by atoms with Crippen LogP contribution in [0.15, 0.2) is 30.5 Å². The molecule has 0 unspecified atom stereocenters. The molecule has 0 radical (unpaired) electrons. The molecule has 0 aliphatic rings. The van der Waals surface area contributed by atoms with E-state index in [0.717, 1.165) is 12.1 Å². The van der Waals surface area contributed by atoms with Crippen molar-refractivity contribution < 1.29 is 13.2 Å². The molecular formula is C14H20F3N3. The van der Waals surface area contributed by atoms with E-state index >= 15 is 0 Å². The Morgan fingerprint density at radius 2 is 1.45 bits per heavy atom. The van der Waals surface area contributed by atoms with Crippen LogP contribution in [0, 0.1) is 0 Å². The van der Waals surface area contributed by atoms with Gasteiger partial charge in [0.1, 0.15) is 5.69 Å². The van der Waals surface area contributed by atoms with Gasteiger partial charge in [0, 0.05) is 12.6 Å². The van der Waals surface area contributed by atoms with Gasteiger partial charge in [0.25, 0.3) is 0 Å². The highest BCUT2D eigenvalue weighted by atomic mass is 19.4. The van der Waals surface area contributed by atoms with Crippen LogP contribution in [0.5, 0.6) is 0 Å². The molecule has 0 saturated carbocycles. The lowest BCUT2D eigenvalue weighted by Crippen LogP contribution is -2.03. The van der Waals surface area contributed by atoms with E-state index in [1.807, 2.05) is 27.7 Å². The topological polar surface area (TPSA) is 30.7 Å². The molecule has 0 atom stereocenters. The Morgan fingerprint density at radius 3 is 1.80 bits per heavy atom. The molecule has 1 heterocycles. The summed E-state index contributed by atoms with van der Waals surface area (Å²) in [5, 5.41) is 7.52. The number of rotatable bonds is 1. The van der Waals surface area contributed by atoms with Crippen LogP contribution >= 0.6 is 0 Å². The van der Waals surface area contributed by atoms with Crippen molar-refractivity contribution >= 4 is 0 Å². The SMILES string of the molecule is CC.CC.Cn1cc(-c2ccc(C(F)(F)F)cc2)nn1. The van der Waals surface area contributed by atoms with E-state index < -0.39 is 11.7 Å². The lowest BCUT2D eigenvalue weighted by Gasteiger charge is -2.06. The number of hydrogen-bond donors (Lipinski definition) is 0. The highest BCUT2D eigenvalue weighted by molar-refractivity contribution is 5.58. The lowest BCUT2D eigenvalue weighted by molar-refractivity contribution is -0.137. The Hall–Kier alpha value is -1.85. The minimum Gasteiger partial charge on any atom is -0.255 e. The first-order valence-corrected chi connectivity index (χ1v) is 6.51. The van der Waals surface area contributed by atoms with Crippen molar-refractivity contribution in [3.63, 3.8) is 0 Å². The number of nitrogens with zero attached hydrogens (tertiary/aromatic N) is 3. The summed E-state index contributed by atoms with van der Waals surface area (Å²) in [6.45, 7) is 8.00. The number of alkyl halides is 3. The summed E-state index contributed by atoms with van der Waals surface area (Å²) in [5.74, 6) is 0. The Labute approximate surface area is 117 Å². The zero-order valence-electron chi connectivity index (χ0n) is 12.4. The monoisotopic (exact) mass is 287 g/mol. The first-order valence-electron chi connectivity index (χ1n) is 6.51. The number of halogens is 3. The second-order valence-electron chi connectivity index (χ2n) is 3.35. The molecule has 0 bridgehead atoms. The largest absolute Gasteiger partial charge is 0.416 e. The molecule has 0 spiro atoms. The molecule has 0 aliphatic heterocycles. The molecule has 6 heteroatoms. The zero-order valence-corrected chi connectivity index (χ0v) is 12.4. The predicted octanol–water partition coefficient (Wildman–Crippen LogP) is 4.55. The van der Waals surface area contributed by atoms with E-state index in [9.17, 15) is 13.2 Å². The van der Waals surface area contributed by atoms with Crippen LogP contribution in [-0.2, 0) is 13.2 Å². The molecule has 0 saturated heterocycles. The van der Waals surface area contributed by atoms with Crippen LogP contribution in [0.1, 0.15) is 33.3 Å². The van der Waals surface area contributed by atoms with Crippen LogP contribution in [0.4, 0.5) is 13.2 Å². The summed E-state index contributed by atoms with van der Waals surface area (Å²) in [4.78, 5) is 0. The maximum absolute atomic E-state index is 12.3. The van der Waals surface area contributed by atoms with Gasteiger partial charge in [-0.15, -0.1) is 5.10 Å². The van der Waals surface area contributed by atoms with Crippen molar-refractivity contribution in [2.75, 3.05) is 0 Å². The van der Waals surface area contributed by atoms with Gasteiger partial charge in [-0.3, -0.25) is 4.68 Å². The van der Waals surface area contributed by atoms with Gasteiger partial charge in [-0.05, 0) is 12.1 Å². The van der Waals surface area contributed by atoms with E-state index in [-0.39, 0.29) is 0 Å². The fourth-order valence-electron chi connectivity index (χ4n) is 1.31. The first kappa shape index (κ1) is 18.1. The summed E-state index contributed by atoms with van der Waals surface area (Å²) in [6.07, 6.45) is -2.66. The summed E-state index contributed by atoms with van der Waals surface area (Å²) in [7, 11) is 1.70. The molecule has 0 amide bonds. The van der Waals surface area contributed by atoms with Crippen LogP contribution in [0.2, 0.25) is 0 Å². The van der Waals surface area contributed by atoms with Gasteiger partial charge in [0.2, 0.25) is 0 Å². The van der Waals surface area contributed by atoms with Crippen molar-refractivity contribution in [1.29, 1.82) is 0 Å². The van der Waals surface area contributed by atoms with Crippen LogP contribution in [-0.4, -0.2) is 15.0 Å². The third kappa shape index (κ3) is 5.03. The summed E-state index contributed by atoms with van der Waals surface area (Å²) < 4.78 is 38.4. The zero-order chi connectivity index (χ0) is 15.8. The lowest BCUT2D eigenvalue weighted by atomic mass is 10.1. The highest BCUT2D eigenvalue weighted by Crippen LogP contribution is 2.30. The van der Waals surface area contributed by atoms with Crippen LogP contribution < -0.4 is 0 Å². The predicted molar refractivity (Wildman–Crippen MR) is 74.1 cm³/mol. The van der Waals surface area contributed by atoms with Gasteiger partial charge < -0.3 is 0 Å². The molecule has 1 aromatic heterocycles. The first-order chi connectivity index (χ1) is 9.47. The van der Waals surface area contributed by atoms with Crippen LogP contribution in [0.3, 0.4) is 0 Å². The van der Waals surface area contributed by atoms with Gasteiger partial charge in [-0.25, -0.2) is 0 Å². The molecule has 20 heavy (non-hydrogen) atoms. The Balaban J connectivity index is 0.000000829. The van der Waals surface area contributed by atoms with Gasteiger partial charge >= 0.3 is 6.18 Å². The molecule has 3 nitrogen and oxygen atoms in total. The summed E-state index contributed by atoms with van der Waals surface area (Å²) >= 11 is 0. The van der Waals surface area contributed by atoms with Gasteiger partial charge in [0.15, 0.2) is 0 Å². The highest BCUT2D eigenvalue weighted by Gasteiger charge is 2.30. The second kappa shape index (κ2) is 8.35. The number of hydrogen-bond acceptors (Lipinski definition) is 2. The molecule has 0 aliphatic carbocycles. The molecule has 1 aromatic carbocycles. The van der Waals surface area contributed by atoms with E-state index in [2.05, 4.69) is 10.3 Å².